The zero-order chi connectivity index (χ0) is 16.4. The molecule has 0 aliphatic rings. The van der Waals surface area contributed by atoms with Gasteiger partial charge in [0, 0.05) is 0 Å². The Kier molecular flexibility index (Phi) is 4.60. The number of aromatic nitrogens is 2. The molecule has 2 aromatic carbocycles. The number of imidazole rings is 1. The molecular formula is C18H17Cl2N3. The van der Waals surface area contributed by atoms with Crippen molar-refractivity contribution in [1.82, 2.24) is 9.55 Å². The largest absolute Gasteiger partial charge is 0.369 e. The van der Waals surface area contributed by atoms with Crippen molar-refractivity contribution in [1.29, 1.82) is 0 Å². The Morgan fingerprint density at radius 2 is 1.83 bits per heavy atom. The van der Waals surface area contributed by atoms with E-state index < -0.39 is 0 Å². The summed E-state index contributed by atoms with van der Waals surface area (Å²) in [6.45, 7) is 2.11. The van der Waals surface area contributed by atoms with Crippen LogP contribution in [0.3, 0.4) is 0 Å². The minimum absolute atomic E-state index is 0.0440. The van der Waals surface area contributed by atoms with Crippen LogP contribution in [0.2, 0.25) is 10.0 Å². The zero-order valence-electron chi connectivity index (χ0n) is 12.7. The highest BCUT2D eigenvalue weighted by molar-refractivity contribution is 6.42. The van der Waals surface area contributed by atoms with E-state index in [9.17, 15) is 0 Å². The number of rotatable bonds is 4. The molecule has 0 aliphatic carbocycles. The maximum absolute atomic E-state index is 6.18. The van der Waals surface area contributed by atoms with E-state index in [1.165, 1.54) is 0 Å². The number of nitrogens with two attached hydrogens (primary N) is 1. The van der Waals surface area contributed by atoms with Gasteiger partial charge >= 0.3 is 0 Å². The number of hydrogen-bond donors (Lipinski definition) is 1. The molecule has 3 aromatic rings. The van der Waals surface area contributed by atoms with E-state index in [4.69, 9.17) is 28.9 Å². The number of nitrogen functional groups attached to an aromatic ring is 1. The first-order chi connectivity index (χ1) is 11.1. The Bertz CT molecular complexity index is 812. The molecule has 0 aliphatic heterocycles. The minimum atomic E-state index is 0.0440. The molecule has 1 aromatic heterocycles. The molecule has 0 bridgehead atoms. The highest BCUT2D eigenvalue weighted by atomic mass is 35.5. The lowest BCUT2D eigenvalue weighted by Crippen LogP contribution is -2.14. The van der Waals surface area contributed by atoms with Gasteiger partial charge in [-0.3, -0.25) is 0 Å². The van der Waals surface area contributed by atoms with Crippen LogP contribution in [0.5, 0.6) is 0 Å². The molecule has 23 heavy (non-hydrogen) atoms. The summed E-state index contributed by atoms with van der Waals surface area (Å²) in [6, 6.07) is 15.8. The quantitative estimate of drug-likeness (QED) is 0.684. The van der Waals surface area contributed by atoms with Crippen molar-refractivity contribution in [2.24, 2.45) is 0 Å². The van der Waals surface area contributed by atoms with Crippen LogP contribution in [0.4, 0.5) is 5.95 Å². The lowest BCUT2D eigenvalue weighted by atomic mass is 10.0. The zero-order valence-corrected chi connectivity index (χ0v) is 14.2. The second-order valence-electron chi connectivity index (χ2n) is 5.34. The normalized spacial score (nSPS) is 12.3. The molecule has 0 saturated carbocycles. The third-order valence-electron chi connectivity index (χ3n) is 3.92. The smallest absolute Gasteiger partial charge is 0.201 e. The third kappa shape index (κ3) is 3.07. The van der Waals surface area contributed by atoms with Gasteiger partial charge in [-0.1, -0.05) is 66.5 Å². The van der Waals surface area contributed by atoms with Gasteiger partial charge in [0.05, 0.1) is 28.0 Å². The molecular weight excluding hydrogens is 329 g/mol. The number of anilines is 1. The second-order valence-corrected chi connectivity index (χ2v) is 6.15. The van der Waals surface area contributed by atoms with Crippen molar-refractivity contribution in [2.75, 3.05) is 5.73 Å². The van der Waals surface area contributed by atoms with Crippen molar-refractivity contribution in [2.45, 2.75) is 19.4 Å². The fourth-order valence-electron chi connectivity index (χ4n) is 2.81. The monoisotopic (exact) mass is 345 g/mol. The maximum Gasteiger partial charge on any atom is 0.201 e. The van der Waals surface area contributed by atoms with Gasteiger partial charge in [-0.25, -0.2) is 4.98 Å². The van der Waals surface area contributed by atoms with E-state index in [1.54, 1.807) is 0 Å². The molecule has 0 saturated heterocycles. The Labute approximate surface area is 145 Å². The predicted octanol–water partition coefficient (Wildman–Crippen LogP) is 5.44. The topological polar surface area (TPSA) is 43.8 Å². The van der Waals surface area contributed by atoms with Gasteiger partial charge < -0.3 is 10.3 Å². The molecule has 118 valence electrons. The van der Waals surface area contributed by atoms with Crippen LogP contribution in [0.1, 0.15) is 24.9 Å². The van der Waals surface area contributed by atoms with Crippen molar-refractivity contribution in [3.05, 3.63) is 70.3 Å². The third-order valence-corrected chi connectivity index (χ3v) is 4.66. The van der Waals surface area contributed by atoms with Crippen molar-refractivity contribution < 1.29 is 0 Å². The minimum Gasteiger partial charge on any atom is -0.369 e. The first-order valence-corrected chi connectivity index (χ1v) is 8.20. The summed E-state index contributed by atoms with van der Waals surface area (Å²) in [5.74, 6) is 0.488. The number of nitrogens with zero attached hydrogens (tertiary/aromatic N) is 2. The molecule has 3 nitrogen and oxygen atoms in total. The van der Waals surface area contributed by atoms with Gasteiger partial charge in [0.1, 0.15) is 0 Å². The number of hydrogen-bond acceptors (Lipinski definition) is 2. The van der Waals surface area contributed by atoms with Crippen LogP contribution in [0, 0.1) is 0 Å². The molecule has 5 heteroatoms. The highest BCUT2D eigenvalue weighted by Crippen LogP contribution is 2.34. The van der Waals surface area contributed by atoms with Crippen LogP contribution in [-0.4, -0.2) is 9.55 Å². The van der Waals surface area contributed by atoms with E-state index in [1.807, 2.05) is 42.6 Å². The summed E-state index contributed by atoms with van der Waals surface area (Å²) in [4.78, 5) is 4.31. The van der Waals surface area contributed by atoms with E-state index in [-0.39, 0.29) is 6.04 Å². The van der Waals surface area contributed by atoms with E-state index >= 15 is 0 Å². The van der Waals surface area contributed by atoms with Crippen LogP contribution < -0.4 is 5.73 Å². The first kappa shape index (κ1) is 15.9. The summed E-state index contributed by atoms with van der Waals surface area (Å²) in [6.07, 6.45) is 2.67. The summed E-state index contributed by atoms with van der Waals surface area (Å²) in [7, 11) is 0. The summed E-state index contributed by atoms with van der Waals surface area (Å²) in [5.41, 5.74) is 9.28. The molecule has 0 radical (unpaired) electrons. The molecule has 2 N–H and O–H groups in total. The van der Waals surface area contributed by atoms with E-state index in [2.05, 4.69) is 28.6 Å². The van der Waals surface area contributed by atoms with Crippen LogP contribution in [0.15, 0.2) is 54.7 Å². The molecule has 0 spiro atoms. The molecule has 3 rings (SSSR count). The summed E-state index contributed by atoms with van der Waals surface area (Å²) < 4.78 is 2.05. The molecule has 0 fully saturated rings. The predicted molar refractivity (Wildman–Crippen MR) is 97.0 cm³/mol. The second kappa shape index (κ2) is 6.65. The molecule has 1 heterocycles. The van der Waals surface area contributed by atoms with Gasteiger partial charge in [0.2, 0.25) is 5.95 Å². The average Bonchev–Trinajstić information content (AvgIpc) is 2.94. The van der Waals surface area contributed by atoms with Gasteiger partial charge in [0.25, 0.3) is 0 Å². The van der Waals surface area contributed by atoms with Crippen molar-refractivity contribution in [3.63, 3.8) is 0 Å². The first-order valence-electron chi connectivity index (χ1n) is 7.45. The molecule has 0 amide bonds. The Morgan fingerprint density at radius 3 is 2.48 bits per heavy atom. The van der Waals surface area contributed by atoms with Crippen LogP contribution in [0.25, 0.3) is 11.3 Å². The van der Waals surface area contributed by atoms with E-state index in [0.717, 1.165) is 23.2 Å². The summed E-state index contributed by atoms with van der Waals surface area (Å²) in [5, 5.41) is 1.09. The van der Waals surface area contributed by atoms with Crippen LogP contribution in [-0.2, 0) is 0 Å². The highest BCUT2D eigenvalue weighted by Gasteiger charge is 2.19. The van der Waals surface area contributed by atoms with Gasteiger partial charge in [0.15, 0.2) is 0 Å². The SMILES string of the molecule is CCC(c1ccc(Cl)c(Cl)c1)n1c(-c2ccccc2)cnc1N. The van der Waals surface area contributed by atoms with Gasteiger partial charge in [-0.05, 0) is 29.7 Å². The fourth-order valence-corrected chi connectivity index (χ4v) is 3.12. The van der Waals surface area contributed by atoms with Crippen molar-refractivity contribution in [3.8, 4) is 11.3 Å². The fraction of sp³-hybridized carbons (Fsp3) is 0.167. The summed E-state index contributed by atoms with van der Waals surface area (Å²) >= 11 is 12.2. The maximum atomic E-state index is 6.18. The molecule has 1 unspecified atom stereocenters. The lowest BCUT2D eigenvalue weighted by Gasteiger charge is -2.22. The Morgan fingerprint density at radius 1 is 1.09 bits per heavy atom. The van der Waals surface area contributed by atoms with Gasteiger partial charge in [-0.15, -0.1) is 0 Å². The lowest BCUT2D eigenvalue weighted by molar-refractivity contribution is 0.579. The van der Waals surface area contributed by atoms with Crippen molar-refractivity contribution >= 4 is 29.2 Å². The molecule has 1 atom stereocenters. The van der Waals surface area contributed by atoms with Gasteiger partial charge in [-0.2, -0.15) is 0 Å². The number of halogens is 2. The Hall–Kier alpha value is -1.97. The average molecular weight is 346 g/mol. The standard InChI is InChI=1S/C18H17Cl2N3/c1-2-16(13-8-9-14(19)15(20)10-13)23-17(11-22-18(23)21)12-6-4-3-5-7-12/h3-11,16H,2H2,1H3,(H2,21,22). The Balaban J connectivity index is 2.12. The van der Waals surface area contributed by atoms with E-state index in [0.29, 0.717) is 16.0 Å². The number of benzene rings is 2. The van der Waals surface area contributed by atoms with Crippen LogP contribution >= 0.6 is 23.2 Å².